The van der Waals surface area contributed by atoms with Crippen LogP contribution < -0.4 is 10.5 Å². The Morgan fingerprint density at radius 3 is 2.57 bits per heavy atom. The molecule has 1 atom stereocenters. The minimum atomic E-state index is -0.679. The first kappa shape index (κ1) is 15.8. The van der Waals surface area contributed by atoms with Crippen molar-refractivity contribution in [3.8, 4) is 5.75 Å². The molecule has 0 aliphatic rings. The minimum Gasteiger partial charge on any atom is -0.491 e. The number of benzene rings is 2. The zero-order valence-corrected chi connectivity index (χ0v) is 13.1. The van der Waals surface area contributed by atoms with Crippen molar-refractivity contribution in [2.45, 2.75) is 12.7 Å². The second-order valence-electron chi connectivity index (χ2n) is 4.68. The minimum absolute atomic E-state index is 0.170. The van der Waals surface area contributed by atoms with Crippen molar-refractivity contribution >= 4 is 21.6 Å². The molecular weight excluding hydrogens is 334 g/mol. The third-order valence-corrected chi connectivity index (χ3v) is 3.32. The summed E-state index contributed by atoms with van der Waals surface area (Å²) in [6, 6.07) is 15.0. The van der Waals surface area contributed by atoms with Gasteiger partial charge in [-0.3, -0.25) is 0 Å². The summed E-state index contributed by atoms with van der Waals surface area (Å²) in [5.41, 5.74) is 7.34. The smallest absolute Gasteiger partial charge is 0.121 e. The maximum atomic E-state index is 9.81. The Morgan fingerprint density at radius 2 is 1.86 bits per heavy atom. The number of hydrogen-bond donors (Lipinski definition) is 2. The second kappa shape index (κ2) is 8.02. The van der Waals surface area contributed by atoms with Crippen LogP contribution in [-0.4, -0.2) is 24.4 Å². The SMILES string of the molecule is Nc1cccc(OCC(O)COCc2ccc(Br)cc2)c1. The highest BCUT2D eigenvalue weighted by atomic mass is 79.9. The highest BCUT2D eigenvalue weighted by Gasteiger charge is 2.06. The lowest BCUT2D eigenvalue weighted by molar-refractivity contribution is 0.00550. The number of anilines is 1. The van der Waals surface area contributed by atoms with Crippen LogP contribution in [-0.2, 0) is 11.3 Å². The molecule has 2 aromatic rings. The topological polar surface area (TPSA) is 64.7 Å². The second-order valence-corrected chi connectivity index (χ2v) is 5.59. The Kier molecular flexibility index (Phi) is 6.04. The number of halogens is 1. The summed E-state index contributed by atoms with van der Waals surface area (Å²) in [5.74, 6) is 0.641. The molecule has 2 aromatic carbocycles. The Bertz CT molecular complexity index is 560. The molecule has 0 fully saturated rings. The van der Waals surface area contributed by atoms with Gasteiger partial charge in [-0.25, -0.2) is 0 Å². The van der Waals surface area contributed by atoms with E-state index in [1.807, 2.05) is 24.3 Å². The Morgan fingerprint density at radius 1 is 1.10 bits per heavy atom. The van der Waals surface area contributed by atoms with E-state index >= 15 is 0 Å². The summed E-state index contributed by atoms with van der Waals surface area (Å²) in [7, 11) is 0. The molecule has 0 amide bonds. The quantitative estimate of drug-likeness (QED) is 0.752. The predicted molar refractivity (Wildman–Crippen MR) is 86.2 cm³/mol. The summed E-state index contributed by atoms with van der Waals surface area (Å²) in [5, 5.41) is 9.81. The van der Waals surface area contributed by atoms with Gasteiger partial charge in [0.2, 0.25) is 0 Å². The largest absolute Gasteiger partial charge is 0.491 e. The monoisotopic (exact) mass is 351 g/mol. The highest BCUT2D eigenvalue weighted by molar-refractivity contribution is 9.10. The third kappa shape index (κ3) is 5.75. The highest BCUT2D eigenvalue weighted by Crippen LogP contribution is 2.15. The molecule has 0 saturated carbocycles. The lowest BCUT2D eigenvalue weighted by Crippen LogP contribution is -2.23. The normalized spacial score (nSPS) is 12.1. The molecule has 1 unspecified atom stereocenters. The molecule has 0 aliphatic carbocycles. The van der Waals surface area contributed by atoms with Gasteiger partial charge in [0.05, 0.1) is 13.2 Å². The van der Waals surface area contributed by atoms with E-state index in [2.05, 4.69) is 15.9 Å². The molecule has 0 spiro atoms. The Labute approximate surface area is 132 Å². The molecule has 2 rings (SSSR count). The maximum absolute atomic E-state index is 9.81. The predicted octanol–water partition coefficient (Wildman–Crippen LogP) is 2.99. The molecule has 0 bridgehead atoms. The zero-order chi connectivity index (χ0) is 15.1. The first-order chi connectivity index (χ1) is 10.1. The maximum Gasteiger partial charge on any atom is 0.121 e. The number of hydrogen-bond acceptors (Lipinski definition) is 4. The molecular formula is C16H18BrNO3. The van der Waals surface area contributed by atoms with E-state index in [0.29, 0.717) is 18.0 Å². The molecule has 0 aliphatic heterocycles. The van der Waals surface area contributed by atoms with Gasteiger partial charge in [0.15, 0.2) is 0 Å². The standard InChI is InChI=1S/C16H18BrNO3/c17-13-6-4-12(5-7-13)9-20-10-15(19)11-21-16-3-1-2-14(18)8-16/h1-8,15,19H,9-11,18H2. The fourth-order valence-corrected chi connectivity index (χ4v) is 2.00. The van der Waals surface area contributed by atoms with Crippen LogP contribution in [0.2, 0.25) is 0 Å². The van der Waals surface area contributed by atoms with Crippen LogP contribution >= 0.6 is 15.9 Å². The van der Waals surface area contributed by atoms with E-state index < -0.39 is 6.10 Å². The average Bonchev–Trinajstić information content (AvgIpc) is 2.47. The summed E-state index contributed by atoms with van der Waals surface area (Å²) < 4.78 is 11.9. The van der Waals surface area contributed by atoms with Gasteiger partial charge in [-0.2, -0.15) is 0 Å². The van der Waals surface area contributed by atoms with Gasteiger partial charge in [-0.15, -0.1) is 0 Å². The van der Waals surface area contributed by atoms with E-state index in [9.17, 15) is 5.11 Å². The summed E-state index contributed by atoms with van der Waals surface area (Å²) in [4.78, 5) is 0. The van der Waals surface area contributed by atoms with Crippen LogP contribution in [0.5, 0.6) is 5.75 Å². The Balaban J connectivity index is 1.67. The lowest BCUT2D eigenvalue weighted by atomic mass is 10.2. The number of aliphatic hydroxyl groups is 1. The molecule has 112 valence electrons. The van der Waals surface area contributed by atoms with Crippen molar-refractivity contribution in [3.63, 3.8) is 0 Å². The summed E-state index contributed by atoms with van der Waals surface area (Å²) in [6.45, 7) is 0.852. The Hall–Kier alpha value is -1.56. The van der Waals surface area contributed by atoms with Crippen molar-refractivity contribution in [1.29, 1.82) is 0 Å². The van der Waals surface area contributed by atoms with Gasteiger partial charge in [0.25, 0.3) is 0 Å². The number of aliphatic hydroxyl groups excluding tert-OH is 1. The van der Waals surface area contributed by atoms with E-state index in [0.717, 1.165) is 10.0 Å². The van der Waals surface area contributed by atoms with Crippen molar-refractivity contribution in [2.24, 2.45) is 0 Å². The van der Waals surface area contributed by atoms with E-state index in [1.165, 1.54) is 0 Å². The first-order valence-electron chi connectivity index (χ1n) is 6.62. The lowest BCUT2D eigenvalue weighted by Gasteiger charge is -2.13. The van der Waals surface area contributed by atoms with Crippen LogP contribution in [0.25, 0.3) is 0 Å². The van der Waals surface area contributed by atoms with Gasteiger partial charge in [0.1, 0.15) is 18.5 Å². The van der Waals surface area contributed by atoms with Crippen molar-refractivity contribution < 1.29 is 14.6 Å². The molecule has 0 aromatic heterocycles. The summed E-state index contributed by atoms with van der Waals surface area (Å²) in [6.07, 6.45) is -0.679. The molecule has 0 saturated heterocycles. The fourth-order valence-electron chi connectivity index (χ4n) is 1.74. The van der Waals surface area contributed by atoms with Gasteiger partial charge < -0.3 is 20.3 Å². The van der Waals surface area contributed by atoms with Crippen molar-refractivity contribution in [1.82, 2.24) is 0 Å². The van der Waals surface area contributed by atoms with E-state index in [1.54, 1.807) is 24.3 Å². The van der Waals surface area contributed by atoms with Gasteiger partial charge in [-0.1, -0.05) is 34.1 Å². The molecule has 0 radical (unpaired) electrons. The number of nitrogen functional groups attached to an aromatic ring is 1. The van der Waals surface area contributed by atoms with Crippen LogP contribution in [0.15, 0.2) is 53.0 Å². The number of ether oxygens (including phenoxy) is 2. The van der Waals surface area contributed by atoms with E-state index in [4.69, 9.17) is 15.2 Å². The van der Waals surface area contributed by atoms with Gasteiger partial charge >= 0.3 is 0 Å². The summed E-state index contributed by atoms with van der Waals surface area (Å²) >= 11 is 3.38. The van der Waals surface area contributed by atoms with Crippen molar-refractivity contribution in [2.75, 3.05) is 18.9 Å². The average molecular weight is 352 g/mol. The molecule has 5 heteroatoms. The molecule has 0 heterocycles. The number of nitrogens with two attached hydrogens (primary N) is 1. The molecule has 3 N–H and O–H groups in total. The fraction of sp³-hybridized carbons (Fsp3) is 0.250. The zero-order valence-electron chi connectivity index (χ0n) is 11.5. The third-order valence-electron chi connectivity index (χ3n) is 2.79. The molecule has 4 nitrogen and oxygen atoms in total. The van der Waals surface area contributed by atoms with Crippen LogP contribution in [0.1, 0.15) is 5.56 Å². The van der Waals surface area contributed by atoms with Crippen LogP contribution in [0, 0.1) is 0 Å². The van der Waals surface area contributed by atoms with E-state index in [-0.39, 0.29) is 13.2 Å². The van der Waals surface area contributed by atoms with Crippen molar-refractivity contribution in [3.05, 3.63) is 58.6 Å². The van der Waals surface area contributed by atoms with Gasteiger partial charge in [-0.05, 0) is 29.8 Å². The van der Waals surface area contributed by atoms with Gasteiger partial charge in [0, 0.05) is 16.2 Å². The van der Waals surface area contributed by atoms with Crippen LogP contribution in [0.3, 0.4) is 0 Å². The van der Waals surface area contributed by atoms with Crippen LogP contribution in [0.4, 0.5) is 5.69 Å². The molecule has 21 heavy (non-hydrogen) atoms. The first-order valence-corrected chi connectivity index (χ1v) is 7.41. The number of rotatable bonds is 7.